The number of rotatable bonds is 4. The molecule has 0 saturated heterocycles. The average Bonchev–Trinajstić information content (AvgIpc) is 2.47. The second kappa shape index (κ2) is 6.48. The SMILES string of the molecule is CCc1ccc(CNC(=O)c2cc(F)cnc2Cl)cc1. The van der Waals surface area contributed by atoms with Crippen LogP contribution < -0.4 is 5.32 Å². The first-order valence-corrected chi connectivity index (χ1v) is 6.65. The van der Waals surface area contributed by atoms with Crippen molar-refractivity contribution in [2.75, 3.05) is 0 Å². The first-order chi connectivity index (χ1) is 9.60. The van der Waals surface area contributed by atoms with Crippen LogP contribution in [0.5, 0.6) is 0 Å². The smallest absolute Gasteiger partial charge is 0.254 e. The Balaban J connectivity index is 2.02. The van der Waals surface area contributed by atoms with E-state index in [2.05, 4.69) is 17.2 Å². The van der Waals surface area contributed by atoms with Crippen molar-refractivity contribution >= 4 is 17.5 Å². The van der Waals surface area contributed by atoms with Gasteiger partial charge in [0, 0.05) is 6.54 Å². The van der Waals surface area contributed by atoms with E-state index in [1.807, 2.05) is 24.3 Å². The van der Waals surface area contributed by atoms with Gasteiger partial charge in [-0.2, -0.15) is 0 Å². The number of pyridine rings is 1. The number of aryl methyl sites for hydroxylation is 1. The molecule has 1 amide bonds. The Hall–Kier alpha value is -1.94. The molecule has 2 rings (SSSR count). The van der Waals surface area contributed by atoms with E-state index in [4.69, 9.17) is 11.6 Å². The van der Waals surface area contributed by atoms with Crippen molar-refractivity contribution in [1.29, 1.82) is 0 Å². The lowest BCUT2D eigenvalue weighted by molar-refractivity contribution is 0.0950. The highest BCUT2D eigenvalue weighted by molar-refractivity contribution is 6.32. The van der Waals surface area contributed by atoms with Crippen LogP contribution in [0.15, 0.2) is 36.5 Å². The number of nitrogens with zero attached hydrogens (tertiary/aromatic N) is 1. The summed E-state index contributed by atoms with van der Waals surface area (Å²) >= 11 is 5.77. The van der Waals surface area contributed by atoms with Crippen molar-refractivity contribution in [2.45, 2.75) is 19.9 Å². The van der Waals surface area contributed by atoms with Gasteiger partial charge >= 0.3 is 0 Å². The van der Waals surface area contributed by atoms with Gasteiger partial charge in [-0.25, -0.2) is 9.37 Å². The second-order valence-electron chi connectivity index (χ2n) is 4.34. The van der Waals surface area contributed by atoms with Crippen LogP contribution in [0.3, 0.4) is 0 Å². The molecule has 0 unspecified atom stereocenters. The van der Waals surface area contributed by atoms with Crippen LogP contribution in [-0.4, -0.2) is 10.9 Å². The summed E-state index contributed by atoms with van der Waals surface area (Å²) in [6, 6.07) is 9.00. The molecule has 0 radical (unpaired) electrons. The number of carbonyl (C=O) groups is 1. The predicted molar refractivity (Wildman–Crippen MR) is 76.2 cm³/mol. The fourth-order valence-corrected chi connectivity index (χ4v) is 1.94. The Morgan fingerprint density at radius 2 is 1.95 bits per heavy atom. The Morgan fingerprint density at radius 3 is 2.60 bits per heavy atom. The maximum Gasteiger partial charge on any atom is 0.254 e. The third kappa shape index (κ3) is 3.54. The quantitative estimate of drug-likeness (QED) is 0.878. The maximum atomic E-state index is 13.1. The van der Waals surface area contributed by atoms with E-state index in [0.717, 1.165) is 24.2 Å². The van der Waals surface area contributed by atoms with Gasteiger partial charge < -0.3 is 5.32 Å². The fraction of sp³-hybridized carbons (Fsp3) is 0.200. The molecule has 0 spiro atoms. The molecule has 1 N–H and O–H groups in total. The van der Waals surface area contributed by atoms with Gasteiger partial charge in [0.25, 0.3) is 5.91 Å². The Bertz CT molecular complexity index is 614. The first kappa shape index (κ1) is 14.5. The lowest BCUT2D eigenvalue weighted by atomic mass is 10.1. The number of hydrogen-bond donors (Lipinski definition) is 1. The van der Waals surface area contributed by atoms with E-state index in [1.54, 1.807) is 0 Å². The number of hydrogen-bond acceptors (Lipinski definition) is 2. The maximum absolute atomic E-state index is 13.1. The zero-order chi connectivity index (χ0) is 14.5. The van der Waals surface area contributed by atoms with E-state index in [-0.39, 0.29) is 10.7 Å². The van der Waals surface area contributed by atoms with E-state index in [9.17, 15) is 9.18 Å². The molecule has 20 heavy (non-hydrogen) atoms. The minimum absolute atomic E-state index is 0.00905. The third-order valence-corrected chi connectivity index (χ3v) is 3.24. The molecule has 0 atom stereocenters. The minimum Gasteiger partial charge on any atom is -0.348 e. The first-order valence-electron chi connectivity index (χ1n) is 6.27. The summed E-state index contributed by atoms with van der Waals surface area (Å²) in [6.45, 7) is 2.44. The van der Waals surface area contributed by atoms with Gasteiger partial charge in [0.05, 0.1) is 11.8 Å². The van der Waals surface area contributed by atoms with Crippen LogP contribution in [-0.2, 0) is 13.0 Å². The van der Waals surface area contributed by atoms with Gasteiger partial charge in [-0.1, -0.05) is 42.8 Å². The number of nitrogens with one attached hydrogen (secondary N) is 1. The molecule has 0 aliphatic carbocycles. The van der Waals surface area contributed by atoms with Crippen molar-refractivity contribution in [3.8, 4) is 0 Å². The molecule has 1 heterocycles. The Labute approximate surface area is 121 Å². The molecule has 2 aromatic rings. The van der Waals surface area contributed by atoms with Crippen LogP contribution in [0, 0.1) is 5.82 Å². The number of carbonyl (C=O) groups excluding carboxylic acids is 1. The topological polar surface area (TPSA) is 42.0 Å². The monoisotopic (exact) mass is 292 g/mol. The molecule has 104 valence electrons. The molecule has 1 aromatic heterocycles. The second-order valence-corrected chi connectivity index (χ2v) is 4.70. The van der Waals surface area contributed by atoms with Crippen LogP contribution in [0.25, 0.3) is 0 Å². The molecule has 5 heteroatoms. The molecule has 0 fully saturated rings. The number of halogens is 2. The predicted octanol–water partition coefficient (Wildman–Crippen LogP) is 3.37. The Kier molecular flexibility index (Phi) is 4.69. The summed E-state index contributed by atoms with van der Waals surface area (Å²) in [4.78, 5) is 15.5. The van der Waals surface area contributed by atoms with Crippen LogP contribution in [0.4, 0.5) is 4.39 Å². The largest absolute Gasteiger partial charge is 0.348 e. The van der Waals surface area contributed by atoms with Gasteiger partial charge in [-0.15, -0.1) is 0 Å². The molecule has 1 aromatic carbocycles. The van der Waals surface area contributed by atoms with E-state index >= 15 is 0 Å². The summed E-state index contributed by atoms with van der Waals surface area (Å²) in [5.41, 5.74) is 2.24. The third-order valence-electron chi connectivity index (χ3n) is 2.93. The molecule has 0 aliphatic rings. The molecular weight excluding hydrogens is 279 g/mol. The lowest BCUT2D eigenvalue weighted by Crippen LogP contribution is -2.23. The van der Waals surface area contributed by atoms with Crippen LogP contribution in [0.2, 0.25) is 5.15 Å². The van der Waals surface area contributed by atoms with Crippen molar-refractivity contribution in [3.63, 3.8) is 0 Å². The highest BCUT2D eigenvalue weighted by Gasteiger charge is 2.12. The van der Waals surface area contributed by atoms with Crippen molar-refractivity contribution in [3.05, 3.63) is 64.2 Å². The number of benzene rings is 1. The highest BCUT2D eigenvalue weighted by atomic mass is 35.5. The zero-order valence-electron chi connectivity index (χ0n) is 11.0. The lowest BCUT2D eigenvalue weighted by Gasteiger charge is -2.07. The minimum atomic E-state index is -0.591. The molecule has 3 nitrogen and oxygen atoms in total. The summed E-state index contributed by atoms with van der Waals surface area (Å²) in [5, 5.41) is 2.68. The number of amides is 1. The molecule has 0 saturated carbocycles. The summed E-state index contributed by atoms with van der Waals surface area (Å²) < 4.78 is 13.1. The van der Waals surface area contributed by atoms with E-state index in [1.165, 1.54) is 5.56 Å². The van der Waals surface area contributed by atoms with Crippen molar-refractivity contribution in [1.82, 2.24) is 10.3 Å². The molecular formula is C15H14ClFN2O. The zero-order valence-corrected chi connectivity index (χ0v) is 11.7. The average molecular weight is 293 g/mol. The summed E-state index contributed by atoms with van der Waals surface area (Å²) in [5.74, 6) is -1.03. The van der Waals surface area contributed by atoms with Gasteiger partial charge in [0.15, 0.2) is 0 Å². The van der Waals surface area contributed by atoms with Gasteiger partial charge in [-0.3, -0.25) is 4.79 Å². The van der Waals surface area contributed by atoms with Gasteiger partial charge in [0.1, 0.15) is 11.0 Å². The van der Waals surface area contributed by atoms with E-state index < -0.39 is 11.7 Å². The standard InChI is InChI=1S/C15H14ClFN2O/c1-2-10-3-5-11(6-4-10)8-19-15(20)13-7-12(17)9-18-14(13)16/h3-7,9H,2,8H2,1H3,(H,19,20). The van der Waals surface area contributed by atoms with Gasteiger partial charge in [-0.05, 0) is 23.6 Å². The van der Waals surface area contributed by atoms with Crippen molar-refractivity contribution < 1.29 is 9.18 Å². The summed E-state index contributed by atoms with van der Waals surface area (Å²) in [7, 11) is 0. The Morgan fingerprint density at radius 1 is 1.30 bits per heavy atom. The van der Waals surface area contributed by atoms with E-state index in [0.29, 0.717) is 6.54 Å². The van der Waals surface area contributed by atoms with Gasteiger partial charge in [0.2, 0.25) is 0 Å². The highest BCUT2D eigenvalue weighted by Crippen LogP contribution is 2.14. The molecule has 0 bridgehead atoms. The normalized spacial score (nSPS) is 10.3. The number of aromatic nitrogens is 1. The van der Waals surface area contributed by atoms with Crippen LogP contribution >= 0.6 is 11.6 Å². The fourth-order valence-electron chi connectivity index (χ4n) is 1.75. The molecule has 0 aliphatic heterocycles. The summed E-state index contributed by atoms with van der Waals surface area (Å²) in [6.07, 6.45) is 1.94. The van der Waals surface area contributed by atoms with Crippen molar-refractivity contribution in [2.24, 2.45) is 0 Å². The van der Waals surface area contributed by atoms with Crippen LogP contribution in [0.1, 0.15) is 28.4 Å².